The van der Waals surface area contributed by atoms with Gasteiger partial charge in [-0.3, -0.25) is 0 Å². The van der Waals surface area contributed by atoms with E-state index in [1.54, 1.807) is 0 Å². The molecule has 2 N–H and O–H groups in total. The summed E-state index contributed by atoms with van der Waals surface area (Å²) in [5.41, 5.74) is 6.17. The van der Waals surface area contributed by atoms with Gasteiger partial charge in [0.2, 0.25) is 0 Å². The molecule has 0 aromatic heterocycles. The van der Waals surface area contributed by atoms with Crippen LogP contribution >= 0.6 is 24.0 Å². The molecule has 3 nitrogen and oxygen atoms in total. The fourth-order valence-electron chi connectivity index (χ4n) is 1.85. The Hall–Kier alpha value is -1.70. The van der Waals surface area contributed by atoms with Crippen molar-refractivity contribution in [2.24, 2.45) is 5.73 Å². The van der Waals surface area contributed by atoms with Gasteiger partial charge in [-0.2, -0.15) is 0 Å². The van der Waals surface area contributed by atoms with Gasteiger partial charge < -0.3 is 15.2 Å². The maximum atomic E-state index is 13.5. The van der Waals surface area contributed by atoms with Gasteiger partial charge in [-0.1, -0.05) is 23.7 Å². The molecule has 0 amide bonds. The van der Waals surface area contributed by atoms with Crippen molar-refractivity contribution in [3.63, 3.8) is 0 Å². The van der Waals surface area contributed by atoms with Gasteiger partial charge in [-0.15, -0.1) is 25.6 Å². The van der Waals surface area contributed by atoms with Crippen LogP contribution < -0.4 is 15.2 Å². The molecule has 0 saturated heterocycles. The molecule has 0 radical (unpaired) electrons. The molecule has 0 fully saturated rings. The standard InChI is InChI=1S/C15H12ClF4NO2.ClH/c16-11-3-1-9(7-12(11)17)10-2-4-13(23-15(18,19)20)14(8-10)22-6-5-21;/h1-4,7-8H,5-6,21H2;1H. The minimum absolute atomic E-state index is 0. The molecule has 0 aliphatic carbocycles. The molecule has 0 saturated carbocycles. The number of hydrogen-bond acceptors (Lipinski definition) is 3. The van der Waals surface area contributed by atoms with E-state index in [1.165, 1.54) is 30.3 Å². The van der Waals surface area contributed by atoms with Crippen LogP contribution in [-0.4, -0.2) is 19.5 Å². The highest BCUT2D eigenvalue weighted by atomic mass is 35.5. The Labute approximate surface area is 146 Å². The Morgan fingerprint density at radius 1 is 1.00 bits per heavy atom. The van der Waals surface area contributed by atoms with Crippen LogP contribution in [0.3, 0.4) is 0 Å². The van der Waals surface area contributed by atoms with Crippen molar-refractivity contribution in [2.75, 3.05) is 13.2 Å². The van der Waals surface area contributed by atoms with Crippen molar-refractivity contribution in [3.05, 3.63) is 47.2 Å². The number of alkyl halides is 3. The van der Waals surface area contributed by atoms with Gasteiger partial charge in [0.25, 0.3) is 0 Å². The minimum Gasteiger partial charge on any atom is -0.488 e. The summed E-state index contributed by atoms with van der Waals surface area (Å²) in [4.78, 5) is 0. The van der Waals surface area contributed by atoms with E-state index in [4.69, 9.17) is 22.1 Å². The zero-order chi connectivity index (χ0) is 17.0. The van der Waals surface area contributed by atoms with Crippen molar-refractivity contribution in [1.29, 1.82) is 0 Å². The van der Waals surface area contributed by atoms with E-state index in [-0.39, 0.29) is 36.3 Å². The summed E-state index contributed by atoms with van der Waals surface area (Å²) in [5.74, 6) is -1.27. The fourth-order valence-corrected chi connectivity index (χ4v) is 1.97. The van der Waals surface area contributed by atoms with E-state index in [0.717, 1.165) is 6.07 Å². The monoisotopic (exact) mass is 385 g/mol. The smallest absolute Gasteiger partial charge is 0.488 e. The van der Waals surface area contributed by atoms with Crippen LogP contribution in [0.4, 0.5) is 17.6 Å². The van der Waals surface area contributed by atoms with Gasteiger partial charge in [0.1, 0.15) is 12.4 Å². The molecule has 0 unspecified atom stereocenters. The normalized spacial score (nSPS) is 10.9. The van der Waals surface area contributed by atoms with E-state index in [2.05, 4.69) is 4.74 Å². The first-order valence-electron chi connectivity index (χ1n) is 6.48. The van der Waals surface area contributed by atoms with Crippen LogP contribution in [0, 0.1) is 5.82 Å². The highest BCUT2D eigenvalue weighted by Crippen LogP contribution is 2.36. The maximum Gasteiger partial charge on any atom is 0.573 e. The Morgan fingerprint density at radius 3 is 2.21 bits per heavy atom. The average molecular weight is 386 g/mol. The Morgan fingerprint density at radius 2 is 1.62 bits per heavy atom. The lowest BCUT2D eigenvalue weighted by Crippen LogP contribution is -2.18. The zero-order valence-electron chi connectivity index (χ0n) is 12.1. The molecule has 132 valence electrons. The largest absolute Gasteiger partial charge is 0.573 e. The number of nitrogens with two attached hydrogens (primary N) is 1. The lowest BCUT2D eigenvalue weighted by Gasteiger charge is -2.15. The highest BCUT2D eigenvalue weighted by Gasteiger charge is 2.32. The van der Waals surface area contributed by atoms with Crippen LogP contribution in [0.2, 0.25) is 5.02 Å². The number of halogens is 6. The number of rotatable bonds is 5. The predicted octanol–water partition coefficient (Wildman–Crippen LogP) is 4.80. The van der Waals surface area contributed by atoms with Gasteiger partial charge in [0, 0.05) is 6.54 Å². The van der Waals surface area contributed by atoms with Gasteiger partial charge in [-0.25, -0.2) is 4.39 Å². The second-order valence-corrected chi connectivity index (χ2v) is 4.88. The summed E-state index contributed by atoms with van der Waals surface area (Å²) in [6, 6.07) is 7.85. The first-order valence-corrected chi connectivity index (χ1v) is 6.86. The quantitative estimate of drug-likeness (QED) is 0.751. The van der Waals surface area contributed by atoms with Crippen molar-refractivity contribution >= 4 is 24.0 Å². The summed E-state index contributed by atoms with van der Waals surface area (Å²) >= 11 is 5.61. The molecule has 2 aromatic carbocycles. The SMILES string of the molecule is Cl.NCCOc1cc(-c2ccc(Cl)c(F)c2)ccc1OC(F)(F)F. The highest BCUT2D eigenvalue weighted by molar-refractivity contribution is 6.30. The summed E-state index contributed by atoms with van der Waals surface area (Å²) in [6.45, 7) is 0.123. The van der Waals surface area contributed by atoms with Crippen LogP contribution in [-0.2, 0) is 0 Å². The lowest BCUT2D eigenvalue weighted by atomic mass is 10.1. The van der Waals surface area contributed by atoms with Crippen molar-refractivity contribution in [1.82, 2.24) is 0 Å². The molecular formula is C15H13Cl2F4NO2. The lowest BCUT2D eigenvalue weighted by molar-refractivity contribution is -0.275. The third-order valence-corrected chi connectivity index (χ3v) is 3.10. The second kappa shape index (κ2) is 8.41. The summed E-state index contributed by atoms with van der Waals surface area (Å²) < 4.78 is 59.8. The topological polar surface area (TPSA) is 44.5 Å². The number of ether oxygens (including phenoxy) is 2. The predicted molar refractivity (Wildman–Crippen MR) is 85.3 cm³/mol. The third kappa shape index (κ3) is 5.43. The summed E-state index contributed by atoms with van der Waals surface area (Å²) in [7, 11) is 0. The van der Waals surface area contributed by atoms with E-state index < -0.39 is 17.9 Å². The molecule has 2 aromatic rings. The molecule has 2 rings (SSSR count). The van der Waals surface area contributed by atoms with E-state index >= 15 is 0 Å². The average Bonchev–Trinajstić information content (AvgIpc) is 2.47. The number of benzene rings is 2. The van der Waals surface area contributed by atoms with Gasteiger partial charge >= 0.3 is 6.36 Å². The Kier molecular flexibility index (Phi) is 7.13. The van der Waals surface area contributed by atoms with Gasteiger partial charge in [0.05, 0.1) is 5.02 Å². The van der Waals surface area contributed by atoms with E-state index in [1.807, 2.05) is 0 Å². The molecule has 0 atom stereocenters. The molecule has 24 heavy (non-hydrogen) atoms. The molecule has 0 aliphatic rings. The molecule has 0 heterocycles. The molecular weight excluding hydrogens is 373 g/mol. The van der Waals surface area contributed by atoms with Crippen molar-refractivity contribution in [3.8, 4) is 22.6 Å². The first kappa shape index (κ1) is 20.3. The van der Waals surface area contributed by atoms with Gasteiger partial charge in [-0.05, 0) is 35.4 Å². The van der Waals surface area contributed by atoms with Gasteiger partial charge in [0.15, 0.2) is 11.5 Å². The summed E-state index contributed by atoms with van der Waals surface area (Å²) in [5, 5.41) is -0.0506. The van der Waals surface area contributed by atoms with Crippen molar-refractivity contribution in [2.45, 2.75) is 6.36 Å². The van der Waals surface area contributed by atoms with Crippen LogP contribution in [0.5, 0.6) is 11.5 Å². The van der Waals surface area contributed by atoms with Crippen LogP contribution in [0.15, 0.2) is 36.4 Å². The fraction of sp³-hybridized carbons (Fsp3) is 0.200. The first-order chi connectivity index (χ1) is 10.8. The molecule has 9 heteroatoms. The number of hydrogen-bond donors (Lipinski definition) is 1. The zero-order valence-corrected chi connectivity index (χ0v) is 13.6. The Balaban J connectivity index is 0.00000288. The van der Waals surface area contributed by atoms with E-state index in [0.29, 0.717) is 11.1 Å². The van der Waals surface area contributed by atoms with Crippen LogP contribution in [0.25, 0.3) is 11.1 Å². The van der Waals surface area contributed by atoms with Crippen LogP contribution in [0.1, 0.15) is 0 Å². The molecule has 0 aliphatic heterocycles. The third-order valence-electron chi connectivity index (χ3n) is 2.80. The summed E-state index contributed by atoms with van der Waals surface area (Å²) in [6.07, 6.45) is -4.85. The molecule has 0 spiro atoms. The Bertz CT molecular complexity index is 696. The maximum absolute atomic E-state index is 13.5. The minimum atomic E-state index is -4.85. The van der Waals surface area contributed by atoms with Crippen molar-refractivity contribution < 1.29 is 27.0 Å². The molecule has 0 bridgehead atoms. The second-order valence-electron chi connectivity index (χ2n) is 4.48. The van der Waals surface area contributed by atoms with E-state index in [9.17, 15) is 17.6 Å².